The zero-order valence-corrected chi connectivity index (χ0v) is 16.4. The molecule has 0 bridgehead atoms. The summed E-state index contributed by atoms with van der Waals surface area (Å²) in [6, 6.07) is 6.54. The van der Waals surface area contributed by atoms with E-state index in [2.05, 4.69) is 9.98 Å². The average molecular weight is 389 g/mol. The Hall–Kier alpha value is -2.73. The van der Waals surface area contributed by atoms with E-state index in [1.54, 1.807) is 58.3 Å². The normalized spacial score (nSPS) is 11.2. The third-order valence-electron chi connectivity index (χ3n) is 3.40. The molecule has 0 atom stereocenters. The Morgan fingerprint density at radius 1 is 1.11 bits per heavy atom. The molecule has 0 aliphatic heterocycles. The van der Waals surface area contributed by atoms with E-state index in [9.17, 15) is 9.59 Å². The number of aliphatic imine (C=N–C) groups is 1. The molecule has 0 aliphatic rings. The lowest BCUT2D eigenvalue weighted by atomic mass is 10.1. The first-order valence-electron chi connectivity index (χ1n) is 8.49. The van der Waals surface area contributed by atoms with Crippen LogP contribution in [0.5, 0.6) is 11.5 Å². The van der Waals surface area contributed by atoms with E-state index in [-0.39, 0.29) is 23.3 Å². The van der Waals surface area contributed by atoms with Gasteiger partial charge >= 0.3 is 11.9 Å². The molecule has 0 spiro atoms. The number of pyridine rings is 1. The van der Waals surface area contributed by atoms with Gasteiger partial charge in [0.15, 0.2) is 11.5 Å². The minimum atomic E-state index is -0.464. The van der Waals surface area contributed by atoms with Gasteiger partial charge in [-0.15, -0.1) is 0 Å². The van der Waals surface area contributed by atoms with E-state index in [1.807, 2.05) is 0 Å². The number of carbonyl (C=O) groups is 2. The molecular weight excluding hydrogens is 368 g/mol. The molecule has 142 valence electrons. The number of benzene rings is 1. The van der Waals surface area contributed by atoms with Crippen molar-refractivity contribution in [3.05, 3.63) is 47.2 Å². The van der Waals surface area contributed by atoms with Crippen molar-refractivity contribution in [1.29, 1.82) is 0 Å². The van der Waals surface area contributed by atoms with Gasteiger partial charge in [-0.05, 0) is 18.2 Å². The van der Waals surface area contributed by atoms with E-state index >= 15 is 0 Å². The smallest absolute Gasteiger partial charge is 0.313 e. The lowest BCUT2D eigenvalue weighted by Crippen LogP contribution is -2.19. The van der Waals surface area contributed by atoms with Crippen molar-refractivity contribution < 1.29 is 19.1 Å². The molecule has 0 unspecified atom stereocenters. The Bertz CT molecular complexity index is 849. The number of carbonyl (C=O) groups excluding carboxylic acids is 2. The minimum absolute atomic E-state index is 0.0721. The highest BCUT2D eigenvalue weighted by Gasteiger charge is 2.21. The zero-order valence-electron chi connectivity index (χ0n) is 15.6. The largest absolute Gasteiger partial charge is 0.422 e. The van der Waals surface area contributed by atoms with Crippen LogP contribution in [-0.2, 0) is 9.59 Å². The van der Waals surface area contributed by atoms with Crippen LogP contribution < -0.4 is 9.47 Å². The number of esters is 2. The van der Waals surface area contributed by atoms with Crippen molar-refractivity contribution in [2.24, 2.45) is 16.8 Å². The standard InChI is InChI=1S/C20H21ClN2O4/c1-12(2)19(24)26-17-9-15(21)8-14(18(17)27-20(25)13(3)4)10-23-16-6-5-7-22-11-16/h5-13H,1-4H3. The van der Waals surface area contributed by atoms with Gasteiger partial charge in [0, 0.05) is 29.1 Å². The highest BCUT2D eigenvalue weighted by atomic mass is 35.5. The third kappa shape index (κ3) is 5.89. The van der Waals surface area contributed by atoms with Gasteiger partial charge in [0.1, 0.15) is 0 Å². The average Bonchev–Trinajstić information content (AvgIpc) is 2.62. The van der Waals surface area contributed by atoms with Crippen molar-refractivity contribution in [3.8, 4) is 11.5 Å². The molecule has 0 amide bonds. The second-order valence-electron chi connectivity index (χ2n) is 6.44. The van der Waals surface area contributed by atoms with Gasteiger partial charge in [-0.2, -0.15) is 0 Å². The summed E-state index contributed by atoms with van der Waals surface area (Å²) in [6.07, 6.45) is 4.71. The molecule has 2 rings (SSSR count). The monoisotopic (exact) mass is 388 g/mol. The SMILES string of the molecule is CC(C)C(=O)Oc1cc(Cl)cc(C=Nc2cccnc2)c1OC(=O)C(C)C. The van der Waals surface area contributed by atoms with Gasteiger partial charge < -0.3 is 9.47 Å². The van der Waals surface area contributed by atoms with Gasteiger partial charge in [0.05, 0.1) is 23.7 Å². The molecule has 1 aromatic heterocycles. The molecule has 7 heteroatoms. The summed E-state index contributed by atoms with van der Waals surface area (Å²) >= 11 is 6.16. The lowest BCUT2D eigenvalue weighted by Gasteiger charge is -2.15. The molecule has 0 radical (unpaired) electrons. The van der Waals surface area contributed by atoms with Crippen molar-refractivity contribution in [2.45, 2.75) is 27.7 Å². The van der Waals surface area contributed by atoms with Crippen molar-refractivity contribution >= 4 is 35.4 Å². The van der Waals surface area contributed by atoms with E-state index < -0.39 is 11.9 Å². The van der Waals surface area contributed by atoms with Crippen molar-refractivity contribution in [1.82, 2.24) is 4.98 Å². The number of hydrogen-bond donors (Lipinski definition) is 0. The van der Waals surface area contributed by atoms with E-state index in [4.69, 9.17) is 21.1 Å². The first-order chi connectivity index (χ1) is 12.8. The Kier molecular flexibility index (Phi) is 7.07. The predicted octanol–water partition coefficient (Wildman–Crippen LogP) is 4.61. The molecule has 0 N–H and O–H groups in total. The van der Waals surface area contributed by atoms with Crippen LogP contribution in [0.2, 0.25) is 5.02 Å². The Morgan fingerprint density at radius 2 is 1.78 bits per heavy atom. The molecule has 27 heavy (non-hydrogen) atoms. The molecular formula is C20H21ClN2O4. The maximum atomic E-state index is 12.1. The van der Waals surface area contributed by atoms with Crippen LogP contribution >= 0.6 is 11.6 Å². The molecule has 0 aliphatic carbocycles. The molecule has 2 aromatic rings. The summed E-state index contributed by atoms with van der Waals surface area (Å²) in [7, 11) is 0. The van der Waals surface area contributed by atoms with Gasteiger partial charge in [-0.25, -0.2) is 0 Å². The Labute approximate surface area is 163 Å². The minimum Gasteiger partial charge on any atom is -0.422 e. The second kappa shape index (κ2) is 9.28. The molecule has 1 aromatic carbocycles. The van der Waals surface area contributed by atoms with Crippen LogP contribution in [-0.4, -0.2) is 23.1 Å². The third-order valence-corrected chi connectivity index (χ3v) is 3.62. The first-order valence-corrected chi connectivity index (χ1v) is 8.86. The van der Waals surface area contributed by atoms with Crippen molar-refractivity contribution in [3.63, 3.8) is 0 Å². The summed E-state index contributed by atoms with van der Waals surface area (Å²) in [4.78, 5) is 32.5. The Morgan fingerprint density at radius 3 is 2.37 bits per heavy atom. The number of aromatic nitrogens is 1. The maximum absolute atomic E-state index is 12.1. The van der Waals surface area contributed by atoms with Crippen LogP contribution in [0.3, 0.4) is 0 Å². The number of ether oxygens (including phenoxy) is 2. The number of rotatable bonds is 6. The van der Waals surface area contributed by atoms with Crippen LogP contribution in [0, 0.1) is 11.8 Å². The lowest BCUT2D eigenvalue weighted by molar-refractivity contribution is -0.140. The summed E-state index contributed by atoms with van der Waals surface area (Å²) < 4.78 is 10.9. The van der Waals surface area contributed by atoms with E-state index in [0.29, 0.717) is 16.3 Å². The molecule has 0 saturated carbocycles. The van der Waals surface area contributed by atoms with Crippen LogP contribution in [0.25, 0.3) is 0 Å². The topological polar surface area (TPSA) is 77.8 Å². The van der Waals surface area contributed by atoms with Crippen LogP contribution in [0.15, 0.2) is 41.7 Å². The molecule has 1 heterocycles. The zero-order chi connectivity index (χ0) is 20.0. The molecule has 6 nitrogen and oxygen atoms in total. The summed E-state index contributed by atoms with van der Waals surface area (Å²) in [6.45, 7) is 6.83. The van der Waals surface area contributed by atoms with E-state index in [1.165, 1.54) is 12.3 Å². The first kappa shape index (κ1) is 20.6. The fraction of sp³-hybridized carbons (Fsp3) is 0.300. The number of nitrogens with zero attached hydrogens (tertiary/aromatic N) is 2. The summed E-state index contributed by atoms with van der Waals surface area (Å²) in [5, 5.41) is 0.318. The van der Waals surface area contributed by atoms with Gasteiger partial charge in [-0.3, -0.25) is 19.6 Å². The van der Waals surface area contributed by atoms with Gasteiger partial charge in [0.25, 0.3) is 0 Å². The summed E-state index contributed by atoms with van der Waals surface area (Å²) in [5.41, 5.74) is 1.02. The second-order valence-corrected chi connectivity index (χ2v) is 6.88. The van der Waals surface area contributed by atoms with E-state index in [0.717, 1.165) is 0 Å². The Balaban J connectivity index is 2.49. The fourth-order valence-electron chi connectivity index (χ4n) is 1.89. The maximum Gasteiger partial charge on any atom is 0.313 e. The molecule has 0 saturated heterocycles. The van der Waals surface area contributed by atoms with Crippen LogP contribution in [0.4, 0.5) is 5.69 Å². The fourth-order valence-corrected chi connectivity index (χ4v) is 2.11. The quantitative estimate of drug-likeness (QED) is 0.410. The highest BCUT2D eigenvalue weighted by Crippen LogP contribution is 2.35. The molecule has 0 fully saturated rings. The summed E-state index contributed by atoms with van der Waals surface area (Å²) in [5.74, 6) is -1.48. The van der Waals surface area contributed by atoms with Crippen LogP contribution in [0.1, 0.15) is 33.3 Å². The van der Waals surface area contributed by atoms with Gasteiger partial charge in [0.2, 0.25) is 0 Å². The predicted molar refractivity (Wildman–Crippen MR) is 104 cm³/mol. The highest BCUT2D eigenvalue weighted by molar-refractivity contribution is 6.31. The number of hydrogen-bond acceptors (Lipinski definition) is 6. The number of halogens is 1. The van der Waals surface area contributed by atoms with Gasteiger partial charge in [-0.1, -0.05) is 39.3 Å². The van der Waals surface area contributed by atoms with Crippen molar-refractivity contribution in [2.75, 3.05) is 0 Å².